The number of hydrogen-bond donors (Lipinski definition) is 2. The molecule has 1 aliphatic carbocycles. The van der Waals surface area contributed by atoms with Gasteiger partial charge in [-0.1, -0.05) is 19.3 Å². The van der Waals surface area contributed by atoms with Crippen molar-refractivity contribution in [3.63, 3.8) is 0 Å². The average molecular weight is 247 g/mol. The van der Waals surface area contributed by atoms with Crippen molar-refractivity contribution in [3.8, 4) is 0 Å². The molecule has 1 saturated carbocycles. The highest BCUT2D eigenvalue weighted by molar-refractivity contribution is 5.89. The number of hydrogen-bond acceptors (Lipinski definition) is 2. The summed E-state index contributed by atoms with van der Waals surface area (Å²) < 4.78 is 0. The van der Waals surface area contributed by atoms with Gasteiger partial charge in [-0.25, -0.2) is 4.79 Å². The Kier molecular flexibility index (Phi) is 4.18. The van der Waals surface area contributed by atoms with E-state index >= 15 is 0 Å². The Hall–Kier alpha value is -1.58. The van der Waals surface area contributed by atoms with Crippen molar-refractivity contribution in [1.29, 1.82) is 0 Å². The summed E-state index contributed by atoms with van der Waals surface area (Å²) in [7, 11) is 0. The number of carbonyl (C=O) groups excluding carboxylic acids is 1. The first-order chi connectivity index (χ1) is 8.65. The Balaban J connectivity index is 1.90. The number of nitrogens with zero attached hydrogens (tertiary/aromatic N) is 1. The van der Waals surface area contributed by atoms with Crippen LogP contribution in [0.4, 0.5) is 10.5 Å². The Morgan fingerprint density at radius 3 is 2.61 bits per heavy atom. The first-order valence-corrected chi connectivity index (χ1v) is 6.67. The number of carbonyl (C=O) groups is 1. The van der Waals surface area contributed by atoms with Gasteiger partial charge in [0.25, 0.3) is 0 Å². The number of amides is 2. The summed E-state index contributed by atoms with van der Waals surface area (Å²) >= 11 is 0. The molecule has 0 unspecified atom stereocenters. The minimum Gasteiger partial charge on any atom is -0.335 e. The molecule has 18 heavy (non-hydrogen) atoms. The Labute approximate surface area is 108 Å². The molecule has 98 valence electrons. The molecule has 2 amide bonds. The maximum Gasteiger partial charge on any atom is 0.319 e. The molecule has 0 radical (unpaired) electrons. The highest BCUT2D eigenvalue weighted by Gasteiger charge is 2.15. The predicted octanol–water partition coefficient (Wildman–Crippen LogP) is 3.15. The molecular weight excluding hydrogens is 226 g/mol. The van der Waals surface area contributed by atoms with Gasteiger partial charge in [-0.05, 0) is 38.8 Å². The van der Waals surface area contributed by atoms with Gasteiger partial charge in [0.15, 0.2) is 0 Å². The molecule has 0 aromatic carbocycles. The van der Waals surface area contributed by atoms with Crippen molar-refractivity contribution in [2.75, 3.05) is 5.32 Å². The Morgan fingerprint density at radius 2 is 1.94 bits per heavy atom. The lowest BCUT2D eigenvalue weighted by Crippen LogP contribution is -2.39. The van der Waals surface area contributed by atoms with Crippen LogP contribution in [0.1, 0.15) is 43.5 Å². The van der Waals surface area contributed by atoms with Crippen molar-refractivity contribution in [1.82, 2.24) is 10.3 Å². The summed E-state index contributed by atoms with van der Waals surface area (Å²) in [6.07, 6.45) is 5.92. The van der Waals surface area contributed by atoms with Gasteiger partial charge in [-0.2, -0.15) is 0 Å². The summed E-state index contributed by atoms with van der Waals surface area (Å²) in [4.78, 5) is 16.2. The van der Waals surface area contributed by atoms with Crippen LogP contribution in [-0.2, 0) is 0 Å². The monoisotopic (exact) mass is 247 g/mol. The smallest absolute Gasteiger partial charge is 0.319 e. The fourth-order valence-corrected chi connectivity index (χ4v) is 2.41. The third-order valence-corrected chi connectivity index (χ3v) is 3.41. The van der Waals surface area contributed by atoms with Gasteiger partial charge in [0.1, 0.15) is 0 Å². The van der Waals surface area contributed by atoms with Gasteiger partial charge in [0.05, 0.1) is 11.4 Å². The van der Waals surface area contributed by atoms with Gasteiger partial charge in [0.2, 0.25) is 0 Å². The fourth-order valence-electron chi connectivity index (χ4n) is 2.41. The summed E-state index contributed by atoms with van der Waals surface area (Å²) in [5.41, 5.74) is 2.61. The molecule has 4 heteroatoms. The second-order valence-corrected chi connectivity index (χ2v) is 5.02. The molecule has 1 aromatic rings. The van der Waals surface area contributed by atoms with Crippen LogP contribution in [0, 0.1) is 13.8 Å². The third-order valence-electron chi connectivity index (χ3n) is 3.41. The number of pyridine rings is 1. The molecule has 1 aromatic heterocycles. The quantitative estimate of drug-likeness (QED) is 0.843. The van der Waals surface area contributed by atoms with E-state index in [0.29, 0.717) is 6.04 Å². The van der Waals surface area contributed by atoms with E-state index in [2.05, 4.69) is 15.6 Å². The van der Waals surface area contributed by atoms with Gasteiger partial charge >= 0.3 is 6.03 Å². The van der Waals surface area contributed by atoms with E-state index in [1.807, 2.05) is 26.0 Å². The summed E-state index contributed by atoms with van der Waals surface area (Å²) in [5, 5.41) is 5.90. The van der Waals surface area contributed by atoms with Crippen LogP contribution < -0.4 is 10.6 Å². The maximum absolute atomic E-state index is 11.9. The number of anilines is 1. The largest absolute Gasteiger partial charge is 0.335 e. The van der Waals surface area contributed by atoms with Crippen LogP contribution in [0.25, 0.3) is 0 Å². The fraction of sp³-hybridized carbons (Fsp3) is 0.571. The van der Waals surface area contributed by atoms with Crippen molar-refractivity contribution in [2.24, 2.45) is 0 Å². The van der Waals surface area contributed by atoms with E-state index in [4.69, 9.17) is 0 Å². The zero-order valence-corrected chi connectivity index (χ0v) is 11.1. The summed E-state index contributed by atoms with van der Waals surface area (Å²) in [5.74, 6) is 0. The summed E-state index contributed by atoms with van der Waals surface area (Å²) in [6, 6.07) is 4.02. The first kappa shape index (κ1) is 12.9. The van der Waals surface area contributed by atoms with Crippen LogP contribution in [-0.4, -0.2) is 17.1 Å². The highest BCUT2D eigenvalue weighted by atomic mass is 16.2. The van der Waals surface area contributed by atoms with Crippen molar-refractivity contribution < 1.29 is 4.79 Å². The van der Waals surface area contributed by atoms with Crippen molar-refractivity contribution in [3.05, 3.63) is 23.5 Å². The zero-order chi connectivity index (χ0) is 13.0. The summed E-state index contributed by atoms with van der Waals surface area (Å²) in [6.45, 7) is 3.85. The van der Waals surface area contributed by atoms with E-state index in [-0.39, 0.29) is 6.03 Å². The predicted molar refractivity (Wildman–Crippen MR) is 72.7 cm³/mol. The molecule has 1 fully saturated rings. The lowest BCUT2D eigenvalue weighted by Gasteiger charge is -2.23. The van der Waals surface area contributed by atoms with E-state index in [1.54, 1.807) is 0 Å². The zero-order valence-electron chi connectivity index (χ0n) is 11.1. The molecule has 0 atom stereocenters. The van der Waals surface area contributed by atoms with Crippen LogP contribution in [0.15, 0.2) is 12.1 Å². The second-order valence-electron chi connectivity index (χ2n) is 5.02. The minimum atomic E-state index is -0.115. The third kappa shape index (κ3) is 3.45. The molecule has 4 nitrogen and oxygen atoms in total. The first-order valence-electron chi connectivity index (χ1n) is 6.67. The molecule has 2 N–H and O–H groups in total. The molecule has 0 spiro atoms. The Bertz CT molecular complexity index is 425. The van der Waals surface area contributed by atoms with E-state index in [0.717, 1.165) is 29.9 Å². The van der Waals surface area contributed by atoms with E-state index < -0.39 is 0 Å². The SMILES string of the molecule is Cc1ccc(NC(=O)NC2CCCCC2)c(C)n1. The number of rotatable bonds is 2. The van der Waals surface area contributed by atoms with Crippen LogP contribution in [0.2, 0.25) is 0 Å². The number of nitrogens with one attached hydrogen (secondary N) is 2. The lowest BCUT2D eigenvalue weighted by molar-refractivity contribution is 0.244. The van der Waals surface area contributed by atoms with Crippen LogP contribution in [0.5, 0.6) is 0 Å². The lowest BCUT2D eigenvalue weighted by atomic mass is 9.96. The van der Waals surface area contributed by atoms with Crippen molar-refractivity contribution >= 4 is 11.7 Å². The highest BCUT2D eigenvalue weighted by Crippen LogP contribution is 2.18. The molecule has 1 heterocycles. The van der Waals surface area contributed by atoms with E-state index in [9.17, 15) is 4.79 Å². The standard InChI is InChI=1S/C14H21N3O/c1-10-8-9-13(11(2)15-10)17-14(18)16-12-6-4-3-5-7-12/h8-9,12H,3-7H2,1-2H3,(H2,16,17,18). The number of aryl methyl sites for hydroxylation is 2. The molecule has 2 rings (SSSR count). The molecule has 0 aliphatic heterocycles. The van der Waals surface area contributed by atoms with Gasteiger partial charge in [-0.3, -0.25) is 4.98 Å². The normalized spacial score (nSPS) is 16.3. The second kappa shape index (κ2) is 5.85. The van der Waals surface area contributed by atoms with Crippen molar-refractivity contribution in [2.45, 2.75) is 52.0 Å². The van der Waals surface area contributed by atoms with Gasteiger partial charge in [0, 0.05) is 11.7 Å². The molecule has 1 aliphatic rings. The molecule has 0 saturated heterocycles. The number of aromatic nitrogens is 1. The van der Waals surface area contributed by atoms with E-state index in [1.165, 1.54) is 19.3 Å². The molecule has 0 bridgehead atoms. The minimum absolute atomic E-state index is 0.115. The maximum atomic E-state index is 11.9. The Morgan fingerprint density at radius 1 is 1.22 bits per heavy atom. The van der Waals surface area contributed by atoms with Gasteiger partial charge in [-0.15, -0.1) is 0 Å². The van der Waals surface area contributed by atoms with Gasteiger partial charge < -0.3 is 10.6 Å². The molecular formula is C14H21N3O. The van der Waals surface area contributed by atoms with Crippen LogP contribution in [0.3, 0.4) is 0 Å². The number of urea groups is 1. The average Bonchev–Trinajstić information content (AvgIpc) is 2.34. The topological polar surface area (TPSA) is 54.0 Å². The van der Waals surface area contributed by atoms with Crippen LogP contribution >= 0.6 is 0 Å².